The van der Waals surface area contributed by atoms with Crippen molar-refractivity contribution < 1.29 is 23.9 Å². The van der Waals surface area contributed by atoms with E-state index in [4.69, 9.17) is 4.74 Å². The molecule has 0 aliphatic carbocycles. The largest absolute Gasteiger partial charge is 0.453 e. The Bertz CT molecular complexity index is 1550. The monoisotopic (exact) mass is 503 g/mol. The number of fused-ring (bicyclic) bond motifs is 1. The van der Waals surface area contributed by atoms with Gasteiger partial charge in [-0.3, -0.25) is 14.4 Å². The van der Waals surface area contributed by atoms with Gasteiger partial charge in [0.2, 0.25) is 5.78 Å². The Hall–Kier alpha value is -4.84. The van der Waals surface area contributed by atoms with E-state index in [1.807, 2.05) is 62.4 Å². The molecule has 5 rings (SSSR count). The van der Waals surface area contributed by atoms with Crippen molar-refractivity contribution in [3.05, 3.63) is 125 Å². The summed E-state index contributed by atoms with van der Waals surface area (Å²) in [4.78, 5) is 54.0. The number of amides is 1. The molecule has 4 aromatic rings. The molecular weight excluding hydrogens is 478 g/mol. The first-order valence-corrected chi connectivity index (χ1v) is 12.3. The molecule has 2 atom stereocenters. The number of rotatable bonds is 7. The number of carbonyl (C=O) groups excluding carboxylic acids is 4. The summed E-state index contributed by atoms with van der Waals surface area (Å²) < 4.78 is 5.59. The number of benzene rings is 4. The number of aryl methyl sites for hydroxylation is 2. The number of ketones is 2. The van der Waals surface area contributed by atoms with Gasteiger partial charge in [0.05, 0.1) is 5.56 Å². The number of ether oxygens (including phenoxy) is 1. The summed E-state index contributed by atoms with van der Waals surface area (Å²) in [6.45, 7) is 3.64. The third-order valence-corrected chi connectivity index (χ3v) is 6.81. The van der Waals surface area contributed by atoms with E-state index in [0.717, 1.165) is 16.7 Å². The van der Waals surface area contributed by atoms with Gasteiger partial charge in [0.15, 0.2) is 5.78 Å². The molecule has 0 fully saturated rings. The number of Topliss-reactive ketones (excluding diaryl/α,β-unsaturated/α-hetero) is 2. The molecule has 4 aromatic carbocycles. The van der Waals surface area contributed by atoms with Gasteiger partial charge < -0.3 is 10.1 Å². The minimum atomic E-state index is -1.57. The molecule has 1 amide bonds. The lowest BCUT2D eigenvalue weighted by Gasteiger charge is -2.22. The summed E-state index contributed by atoms with van der Waals surface area (Å²) in [5, 5.41) is 2.69. The third kappa shape index (κ3) is 4.52. The SMILES string of the molecule is Cc1cccc(C)c1NC(=O)C(=O)C(C(=O)c1ccccc1-c1ccccc1)C1OC(=O)c2ccccc21. The lowest BCUT2D eigenvalue weighted by molar-refractivity contribution is -0.138. The number of hydrogen-bond donors (Lipinski definition) is 1. The van der Waals surface area contributed by atoms with Gasteiger partial charge in [-0.2, -0.15) is 0 Å². The quantitative estimate of drug-likeness (QED) is 0.147. The van der Waals surface area contributed by atoms with Gasteiger partial charge in [0, 0.05) is 16.8 Å². The second kappa shape index (κ2) is 10.3. The Morgan fingerprint density at radius 2 is 1.34 bits per heavy atom. The van der Waals surface area contributed by atoms with E-state index >= 15 is 0 Å². The van der Waals surface area contributed by atoms with Crippen molar-refractivity contribution in [3.8, 4) is 11.1 Å². The lowest BCUT2D eigenvalue weighted by atomic mass is 9.82. The van der Waals surface area contributed by atoms with Crippen LogP contribution in [-0.4, -0.2) is 23.4 Å². The van der Waals surface area contributed by atoms with Crippen molar-refractivity contribution >= 4 is 29.1 Å². The number of nitrogens with one attached hydrogen (secondary N) is 1. The van der Waals surface area contributed by atoms with Crippen LogP contribution < -0.4 is 5.32 Å². The Labute approximate surface area is 220 Å². The molecule has 0 spiro atoms. The highest BCUT2D eigenvalue weighted by atomic mass is 16.5. The fraction of sp³-hybridized carbons (Fsp3) is 0.125. The van der Waals surface area contributed by atoms with E-state index in [1.165, 1.54) is 0 Å². The minimum Gasteiger partial charge on any atom is -0.453 e. The number of carbonyl (C=O) groups is 4. The van der Waals surface area contributed by atoms with E-state index in [0.29, 0.717) is 16.8 Å². The van der Waals surface area contributed by atoms with Crippen molar-refractivity contribution in [1.82, 2.24) is 0 Å². The van der Waals surface area contributed by atoms with Crippen LogP contribution in [0.5, 0.6) is 0 Å². The zero-order valence-electron chi connectivity index (χ0n) is 20.9. The molecule has 0 saturated carbocycles. The van der Waals surface area contributed by atoms with Crippen LogP contribution in [0.25, 0.3) is 11.1 Å². The summed E-state index contributed by atoms with van der Waals surface area (Å²) in [6.07, 6.45) is -1.23. The van der Waals surface area contributed by atoms with E-state index in [2.05, 4.69) is 5.32 Å². The molecule has 1 heterocycles. The predicted octanol–water partition coefficient (Wildman–Crippen LogP) is 5.89. The summed E-state index contributed by atoms with van der Waals surface area (Å²) in [6, 6.07) is 28.3. The van der Waals surface area contributed by atoms with Gasteiger partial charge >= 0.3 is 5.97 Å². The van der Waals surface area contributed by atoms with Crippen molar-refractivity contribution in [1.29, 1.82) is 0 Å². The topological polar surface area (TPSA) is 89.5 Å². The van der Waals surface area contributed by atoms with Crippen LogP contribution in [0.1, 0.15) is 43.5 Å². The Kier molecular flexibility index (Phi) is 6.71. The minimum absolute atomic E-state index is 0.261. The maximum Gasteiger partial charge on any atom is 0.339 e. The van der Waals surface area contributed by atoms with Crippen LogP contribution >= 0.6 is 0 Å². The number of esters is 1. The van der Waals surface area contributed by atoms with Crippen molar-refractivity contribution in [2.45, 2.75) is 20.0 Å². The van der Waals surface area contributed by atoms with Crippen LogP contribution in [0.4, 0.5) is 5.69 Å². The molecule has 0 saturated heterocycles. The number of para-hydroxylation sites is 1. The highest BCUT2D eigenvalue weighted by molar-refractivity contribution is 6.45. The molecule has 1 aliphatic rings. The predicted molar refractivity (Wildman–Crippen MR) is 144 cm³/mol. The molecule has 38 heavy (non-hydrogen) atoms. The summed E-state index contributed by atoms with van der Waals surface area (Å²) in [5.74, 6) is -4.73. The van der Waals surface area contributed by atoms with Gasteiger partial charge in [0.25, 0.3) is 5.91 Å². The first-order chi connectivity index (χ1) is 18.4. The first-order valence-electron chi connectivity index (χ1n) is 12.3. The van der Waals surface area contributed by atoms with Gasteiger partial charge in [-0.25, -0.2) is 4.79 Å². The Balaban J connectivity index is 1.59. The Morgan fingerprint density at radius 3 is 2.05 bits per heavy atom. The second-order valence-electron chi connectivity index (χ2n) is 9.25. The van der Waals surface area contributed by atoms with Crippen molar-refractivity contribution in [2.75, 3.05) is 5.32 Å². The molecule has 0 bridgehead atoms. The van der Waals surface area contributed by atoms with Crippen LogP contribution in [0.2, 0.25) is 0 Å². The van der Waals surface area contributed by atoms with Crippen LogP contribution in [-0.2, 0) is 14.3 Å². The highest BCUT2D eigenvalue weighted by Crippen LogP contribution is 2.39. The molecular formula is C32H25NO5. The maximum absolute atomic E-state index is 14.2. The third-order valence-electron chi connectivity index (χ3n) is 6.81. The van der Waals surface area contributed by atoms with E-state index < -0.39 is 35.5 Å². The molecule has 0 aromatic heterocycles. The van der Waals surface area contributed by atoms with Gasteiger partial charge in [0.1, 0.15) is 12.0 Å². The zero-order chi connectivity index (χ0) is 26.8. The van der Waals surface area contributed by atoms with Gasteiger partial charge in [-0.1, -0.05) is 91.0 Å². The van der Waals surface area contributed by atoms with Gasteiger partial charge in [-0.05, 0) is 42.2 Å². The van der Waals surface area contributed by atoms with E-state index in [-0.39, 0.29) is 11.1 Å². The van der Waals surface area contributed by atoms with E-state index in [1.54, 1.807) is 48.5 Å². The molecule has 6 nitrogen and oxygen atoms in total. The van der Waals surface area contributed by atoms with Crippen LogP contribution in [0.3, 0.4) is 0 Å². The molecule has 2 unspecified atom stereocenters. The van der Waals surface area contributed by atoms with Crippen LogP contribution in [0, 0.1) is 19.8 Å². The highest BCUT2D eigenvalue weighted by Gasteiger charge is 2.46. The Morgan fingerprint density at radius 1 is 0.737 bits per heavy atom. The normalized spacial score (nSPS) is 14.8. The van der Waals surface area contributed by atoms with Gasteiger partial charge in [-0.15, -0.1) is 0 Å². The second-order valence-corrected chi connectivity index (χ2v) is 9.25. The van der Waals surface area contributed by atoms with Crippen LogP contribution in [0.15, 0.2) is 97.1 Å². The first kappa shape index (κ1) is 24.8. The standard InChI is InChI=1S/C32H25NO5/c1-19-11-10-12-20(2)27(19)33-31(36)29(35)26(30-24-17-8-9-18-25(24)32(37)38-30)28(34)23-16-7-6-15-22(23)21-13-4-3-5-14-21/h3-18,26,30H,1-2H3,(H,33,36). The summed E-state index contributed by atoms with van der Waals surface area (Å²) in [7, 11) is 0. The summed E-state index contributed by atoms with van der Waals surface area (Å²) in [5.41, 5.74) is 4.40. The van der Waals surface area contributed by atoms with Crippen molar-refractivity contribution in [3.63, 3.8) is 0 Å². The van der Waals surface area contributed by atoms with Crippen molar-refractivity contribution in [2.24, 2.45) is 5.92 Å². The summed E-state index contributed by atoms with van der Waals surface area (Å²) >= 11 is 0. The number of anilines is 1. The maximum atomic E-state index is 14.2. The molecule has 0 radical (unpaired) electrons. The lowest BCUT2D eigenvalue weighted by Crippen LogP contribution is -2.38. The molecule has 188 valence electrons. The number of cyclic esters (lactones) is 1. The molecule has 6 heteroatoms. The average Bonchev–Trinajstić information content (AvgIpc) is 3.27. The smallest absolute Gasteiger partial charge is 0.339 e. The fourth-order valence-corrected chi connectivity index (χ4v) is 4.88. The molecule has 1 aliphatic heterocycles. The fourth-order valence-electron chi connectivity index (χ4n) is 4.88. The average molecular weight is 504 g/mol. The number of hydrogen-bond acceptors (Lipinski definition) is 5. The van der Waals surface area contributed by atoms with E-state index in [9.17, 15) is 19.2 Å². The molecule has 1 N–H and O–H groups in total. The zero-order valence-corrected chi connectivity index (χ0v) is 20.9.